The third kappa shape index (κ3) is 4.29. The van der Waals surface area contributed by atoms with Crippen LogP contribution in [0, 0.1) is 0 Å². The van der Waals surface area contributed by atoms with Gasteiger partial charge < -0.3 is 15.0 Å². The van der Waals surface area contributed by atoms with E-state index in [1.807, 2.05) is 25.1 Å². The number of carbonyl (C=O) groups excluding carboxylic acids is 3. The number of fused-ring (bicyclic) bond motifs is 1. The number of hydrogen-bond donors (Lipinski definition) is 1. The molecule has 3 amide bonds. The number of likely N-dealkylation sites (N-methyl/N-ethyl adjacent to an activating group) is 1. The lowest BCUT2D eigenvalue weighted by atomic mass is 10.0. The second-order valence-electron chi connectivity index (χ2n) is 7.58. The van der Waals surface area contributed by atoms with Crippen molar-refractivity contribution < 1.29 is 19.1 Å². The highest BCUT2D eigenvalue weighted by molar-refractivity contribution is 6.03. The van der Waals surface area contributed by atoms with Gasteiger partial charge in [-0.1, -0.05) is 6.07 Å². The number of ether oxygens (including phenoxy) is 1. The van der Waals surface area contributed by atoms with Crippen LogP contribution in [0.3, 0.4) is 0 Å². The van der Waals surface area contributed by atoms with Crippen LogP contribution in [0.1, 0.15) is 27.7 Å². The Morgan fingerprint density at radius 1 is 1.23 bits per heavy atom. The SMILES string of the molecule is CNC(=O)Cn1cc(-c2ccc3c(c2)N(C(=O)OC(C)C)C[C@H](C)N3C(C)=O)cn1. The zero-order valence-corrected chi connectivity index (χ0v) is 17.9. The van der Waals surface area contributed by atoms with Crippen LogP contribution < -0.4 is 15.1 Å². The first-order chi connectivity index (χ1) is 14.2. The molecule has 0 bridgehead atoms. The summed E-state index contributed by atoms with van der Waals surface area (Å²) in [6.45, 7) is 7.45. The van der Waals surface area contributed by atoms with Crippen LogP contribution in [-0.4, -0.2) is 53.4 Å². The zero-order valence-electron chi connectivity index (χ0n) is 17.9. The Bertz CT molecular complexity index is 968. The Labute approximate surface area is 175 Å². The Hall–Kier alpha value is -3.36. The highest BCUT2D eigenvalue weighted by atomic mass is 16.6. The number of carbonyl (C=O) groups is 3. The largest absolute Gasteiger partial charge is 0.446 e. The molecule has 1 atom stereocenters. The van der Waals surface area contributed by atoms with Crippen molar-refractivity contribution in [3.05, 3.63) is 30.6 Å². The fraction of sp³-hybridized carbons (Fsp3) is 0.429. The predicted octanol–water partition coefficient (Wildman–Crippen LogP) is 2.40. The Morgan fingerprint density at radius 2 is 1.97 bits per heavy atom. The third-order valence-corrected chi connectivity index (χ3v) is 4.86. The monoisotopic (exact) mass is 413 g/mol. The molecule has 160 valence electrons. The number of benzene rings is 1. The zero-order chi connectivity index (χ0) is 22.0. The Kier molecular flexibility index (Phi) is 6.09. The minimum atomic E-state index is -0.450. The Morgan fingerprint density at radius 3 is 2.60 bits per heavy atom. The second-order valence-corrected chi connectivity index (χ2v) is 7.58. The molecule has 3 rings (SSSR count). The van der Waals surface area contributed by atoms with Crippen LogP contribution >= 0.6 is 0 Å². The van der Waals surface area contributed by atoms with Crippen LogP contribution in [0.5, 0.6) is 0 Å². The van der Waals surface area contributed by atoms with Crippen molar-refractivity contribution in [1.29, 1.82) is 0 Å². The maximum absolute atomic E-state index is 12.7. The maximum Gasteiger partial charge on any atom is 0.414 e. The molecular weight excluding hydrogens is 386 g/mol. The average Bonchev–Trinajstić information content (AvgIpc) is 3.14. The number of nitrogens with one attached hydrogen (secondary N) is 1. The smallest absolute Gasteiger partial charge is 0.414 e. The van der Waals surface area contributed by atoms with Crippen molar-refractivity contribution in [3.63, 3.8) is 0 Å². The van der Waals surface area contributed by atoms with Crippen molar-refractivity contribution in [1.82, 2.24) is 15.1 Å². The van der Waals surface area contributed by atoms with Crippen molar-refractivity contribution in [3.8, 4) is 11.1 Å². The summed E-state index contributed by atoms with van der Waals surface area (Å²) in [4.78, 5) is 39.8. The van der Waals surface area contributed by atoms with Gasteiger partial charge in [0, 0.05) is 32.3 Å². The van der Waals surface area contributed by atoms with E-state index >= 15 is 0 Å². The van der Waals surface area contributed by atoms with E-state index in [-0.39, 0.29) is 30.5 Å². The standard InChI is InChI=1S/C21H27N5O4/c1-13(2)30-21(29)25-10-14(3)26(15(4)27)18-7-6-16(8-19(18)25)17-9-23-24(11-17)12-20(28)22-5/h6-9,11,13-14H,10,12H2,1-5H3,(H,22,28)/t14-/m0/s1. The van der Waals surface area contributed by atoms with Crippen molar-refractivity contribution in [2.75, 3.05) is 23.4 Å². The van der Waals surface area contributed by atoms with E-state index < -0.39 is 6.09 Å². The minimum Gasteiger partial charge on any atom is -0.446 e. The third-order valence-electron chi connectivity index (χ3n) is 4.86. The lowest BCUT2D eigenvalue weighted by molar-refractivity contribution is -0.121. The number of amides is 3. The number of nitrogens with zero attached hydrogens (tertiary/aromatic N) is 4. The van der Waals surface area contributed by atoms with Gasteiger partial charge in [-0.25, -0.2) is 4.79 Å². The van der Waals surface area contributed by atoms with Gasteiger partial charge >= 0.3 is 6.09 Å². The van der Waals surface area contributed by atoms with Gasteiger partial charge in [-0.15, -0.1) is 0 Å². The molecule has 0 spiro atoms. The number of anilines is 2. The van der Waals surface area contributed by atoms with Gasteiger partial charge in [-0.3, -0.25) is 19.2 Å². The molecule has 1 aliphatic rings. The van der Waals surface area contributed by atoms with Crippen LogP contribution in [0.2, 0.25) is 0 Å². The summed E-state index contributed by atoms with van der Waals surface area (Å²) < 4.78 is 6.96. The molecule has 1 aromatic carbocycles. The van der Waals surface area contributed by atoms with Gasteiger partial charge in [0.05, 0.1) is 29.7 Å². The van der Waals surface area contributed by atoms with E-state index in [2.05, 4.69) is 10.4 Å². The van der Waals surface area contributed by atoms with Crippen LogP contribution in [0.15, 0.2) is 30.6 Å². The molecule has 0 radical (unpaired) electrons. The molecule has 0 unspecified atom stereocenters. The van der Waals surface area contributed by atoms with Crippen molar-refractivity contribution in [2.24, 2.45) is 0 Å². The van der Waals surface area contributed by atoms with Gasteiger partial charge in [-0.05, 0) is 38.5 Å². The van der Waals surface area contributed by atoms with Crippen LogP contribution in [0.25, 0.3) is 11.1 Å². The molecular formula is C21H27N5O4. The van der Waals surface area contributed by atoms with Gasteiger partial charge in [0.2, 0.25) is 11.8 Å². The molecule has 1 aliphatic heterocycles. The summed E-state index contributed by atoms with van der Waals surface area (Å²) in [5, 5.41) is 6.79. The topological polar surface area (TPSA) is 96.8 Å². The highest BCUT2D eigenvalue weighted by Gasteiger charge is 2.34. The molecule has 0 fully saturated rings. The average molecular weight is 413 g/mol. The van der Waals surface area contributed by atoms with E-state index in [0.29, 0.717) is 17.9 Å². The lowest BCUT2D eigenvalue weighted by Crippen LogP contribution is -2.51. The molecule has 1 aromatic heterocycles. The summed E-state index contributed by atoms with van der Waals surface area (Å²) in [6.07, 6.45) is 2.72. The molecule has 2 aromatic rings. The first-order valence-corrected chi connectivity index (χ1v) is 9.86. The molecule has 30 heavy (non-hydrogen) atoms. The maximum atomic E-state index is 12.7. The van der Waals surface area contributed by atoms with E-state index in [9.17, 15) is 14.4 Å². The van der Waals surface area contributed by atoms with E-state index in [1.54, 1.807) is 47.8 Å². The van der Waals surface area contributed by atoms with Crippen molar-refractivity contribution >= 4 is 29.3 Å². The van der Waals surface area contributed by atoms with Gasteiger partial charge in [0.25, 0.3) is 0 Å². The highest BCUT2D eigenvalue weighted by Crippen LogP contribution is 2.39. The van der Waals surface area contributed by atoms with Gasteiger partial charge in [0.15, 0.2) is 0 Å². The summed E-state index contributed by atoms with van der Waals surface area (Å²) in [5.41, 5.74) is 2.87. The summed E-state index contributed by atoms with van der Waals surface area (Å²) in [7, 11) is 1.57. The molecule has 0 aliphatic carbocycles. The van der Waals surface area contributed by atoms with Crippen molar-refractivity contribution in [2.45, 2.75) is 46.4 Å². The van der Waals surface area contributed by atoms with Gasteiger partial charge in [-0.2, -0.15) is 5.10 Å². The number of hydrogen-bond acceptors (Lipinski definition) is 5. The minimum absolute atomic E-state index is 0.0909. The Balaban J connectivity index is 2.01. The predicted molar refractivity (Wildman–Crippen MR) is 113 cm³/mol. The summed E-state index contributed by atoms with van der Waals surface area (Å²) in [5.74, 6) is -0.240. The van der Waals surface area contributed by atoms with E-state index in [4.69, 9.17) is 4.74 Å². The lowest BCUT2D eigenvalue weighted by Gasteiger charge is -2.40. The summed E-state index contributed by atoms with van der Waals surface area (Å²) in [6, 6.07) is 5.36. The van der Waals surface area contributed by atoms with Crippen LogP contribution in [-0.2, 0) is 20.9 Å². The van der Waals surface area contributed by atoms with Crippen LogP contribution in [0.4, 0.5) is 16.2 Å². The molecule has 0 saturated heterocycles. The van der Waals surface area contributed by atoms with E-state index in [0.717, 1.165) is 11.1 Å². The molecule has 9 nitrogen and oxygen atoms in total. The number of rotatable bonds is 4. The first kappa shape index (κ1) is 21.4. The second kappa shape index (κ2) is 8.56. The molecule has 1 N–H and O–H groups in total. The van der Waals surface area contributed by atoms with Gasteiger partial charge in [0.1, 0.15) is 6.54 Å². The molecule has 2 heterocycles. The van der Waals surface area contributed by atoms with E-state index in [1.165, 1.54) is 6.92 Å². The molecule has 9 heteroatoms. The fourth-order valence-electron chi connectivity index (χ4n) is 3.55. The quantitative estimate of drug-likeness (QED) is 0.830. The first-order valence-electron chi connectivity index (χ1n) is 9.86. The normalized spacial score (nSPS) is 15.7. The number of aromatic nitrogens is 2. The molecule has 0 saturated carbocycles. The fourth-order valence-corrected chi connectivity index (χ4v) is 3.55. The summed E-state index contributed by atoms with van der Waals surface area (Å²) >= 11 is 0.